The SMILES string of the molecule is Clc1cc2c(c(Cl)c1Cl)Oc1ccc(Cl)c(Cl)c1O2. The highest BCUT2D eigenvalue weighted by Crippen LogP contribution is 2.55. The van der Waals surface area contributed by atoms with E-state index in [-0.39, 0.29) is 20.1 Å². The molecule has 98 valence electrons. The van der Waals surface area contributed by atoms with Crippen LogP contribution in [-0.2, 0) is 0 Å². The maximum atomic E-state index is 6.07. The van der Waals surface area contributed by atoms with Crippen LogP contribution in [0.5, 0.6) is 23.0 Å². The summed E-state index contributed by atoms with van der Waals surface area (Å²) in [5.41, 5.74) is 0. The molecule has 1 aliphatic heterocycles. The molecule has 1 aliphatic rings. The molecule has 0 unspecified atom stereocenters. The molecule has 0 fully saturated rings. The molecule has 0 radical (unpaired) electrons. The van der Waals surface area contributed by atoms with Gasteiger partial charge in [0.25, 0.3) is 0 Å². The molecule has 0 bridgehead atoms. The van der Waals surface area contributed by atoms with E-state index in [9.17, 15) is 0 Å². The highest BCUT2D eigenvalue weighted by molar-refractivity contribution is 6.49. The standard InChI is InChI=1S/C12H3Cl5O2/c13-4-1-2-6-11(9(4)16)19-7-3-5(14)8(15)10(17)12(7)18-6/h1-3H. The van der Waals surface area contributed by atoms with Crippen molar-refractivity contribution in [2.45, 2.75) is 0 Å². The molecule has 0 saturated heterocycles. The van der Waals surface area contributed by atoms with Gasteiger partial charge in [-0.2, -0.15) is 0 Å². The fourth-order valence-corrected chi connectivity index (χ4v) is 2.60. The molecular formula is C12H3Cl5O2. The van der Waals surface area contributed by atoms with Gasteiger partial charge in [-0.1, -0.05) is 58.0 Å². The van der Waals surface area contributed by atoms with E-state index >= 15 is 0 Å². The maximum Gasteiger partial charge on any atom is 0.190 e. The van der Waals surface area contributed by atoms with Gasteiger partial charge in [0.1, 0.15) is 10.0 Å². The van der Waals surface area contributed by atoms with E-state index in [1.54, 1.807) is 12.1 Å². The second kappa shape index (κ2) is 4.80. The Morgan fingerprint density at radius 2 is 1.26 bits per heavy atom. The summed E-state index contributed by atoms with van der Waals surface area (Å²) in [7, 11) is 0. The van der Waals surface area contributed by atoms with E-state index in [1.165, 1.54) is 6.07 Å². The topological polar surface area (TPSA) is 18.5 Å². The van der Waals surface area contributed by atoms with Crippen molar-refractivity contribution in [1.29, 1.82) is 0 Å². The van der Waals surface area contributed by atoms with Crippen LogP contribution in [0.3, 0.4) is 0 Å². The molecule has 0 aliphatic carbocycles. The first-order valence-electron chi connectivity index (χ1n) is 5.00. The molecule has 0 atom stereocenters. The number of rotatable bonds is 0. The third-order valence-electron chi connectivity index (χ3n) is 2.52. The Labute approximate surface area is 133 Å². The molecule has 0 amide bonds. The first-order valence-corrected chi connectivity index (χ1v) is 6.89. The summed E-state index contributed by atoms with van der Waals surface area (Å²) in [6.07, 6.45) is 0. The van der Waals surface area contributed by atoms with Crippen molar-refractivity contribution < 1.29 is 9.47 Å². The monoisotopic (exact) mass is 354 g/mol. The van der Waals surface area contributed by atoms with Gasteiger partial charge in [0.05, 0.1) is 15.1 Å². The van der Waals surface area contributed by atoms with Gasteiger partial charge in [-0.15, -0.1) is 0 Å². The minimum atomic E-state index is 0.181. The predicted octanol–water partition coefficient (Wildman–Crippen LogP) is 6.85. The van der Waals surface area contributed by atoms with Gasteiger partial charge in [-0.05, 0) is 12.1 Å². The number of hydrogen-bond donors (Lipinski definition) is 0. The lowest BCUT2D eigenvalue weighted by molar-refractivity contribution is 0.360. The quantitative estimate of drug-likeness (QED) is 0.410. The zero-order chi connectivity index (χ0) is 13.7. The van der Waals surface area contributed by atoms with E-state index in [4.69, 9.17) is 67.5 Å². The lowest BCUT2D eigenvalue weighted by atomic mass is 10.2. The van der Waals surface area contributed by atoms with Gasteiger partial charge < -0.3 is 9.47 Å². The van der Waals surface area contributed by atoms with E-state index in [2.05, 4.69) is 0 Å². The predicted molar refractivity (Wildman–Crippen MR) is 78.1 cm³/mol. The van der Waals surface area contributed by atoms with Crippen LogP contribution in [0.2, 0.25) is 25.1 Å². The molecule has 0 saturated carbocycles. The average molecular weight is 356 g/mol. The first kappa shape index (κ1) is 13.5. The van der Waals surface area contributed by atoms with Crippen molar-refractivity contribution in [1.82, 2.24) is 0 Å². The summed E-state index contributed by atoms with van der Waals surface area (Å²) in [4.78, 5) is 0. The van der Waals surface area contributed by atoms with E-state index < -0.39 is 0 Å². The van der Waals surface area contributed by atoms with Gasteiger partial charge in [-0.3, -0.25) is 0 Å². The molecule has 7 heteroatoms. The van der Waals surface area contributed by atoms with Crippen LogP contribution < -0.4 is 9.47 Å². The number of benzene rings is 2. The Balaban J connectivity index is 2.20. The molecule has 3 rings (SSSR count). The minimum absolute atomic E-state index is 0.181. The third-order valence-corrected chi connectivity index (χ3v) is 4.55. The van der Waals surface area contributed by atoms with Crippen molar-refractivity contribution in [3.63, 3.8) is 0 Å². The molecule has 19 heavy (non-hydrogen) atoms. The minimum Gasteiger partial charge on any atom is -0.448 e. The fraction of sp³-hybridized carbons (Fsp3) is 0. The van der Waals surface area contributed by atoms with Crippen LogP contribution in [0.25, 0.3) is 0 Å². The molecule has 0 spiro atoms. The number of ether oxygens (including phenoxy) is 2. The molecular weight excluding hydrogens is 353 g/mol. The lowest BCUT2D eigenvalue weighted by Gasteiger charge is -2.23. The van der Waals surface area contributed by atoms with Gasteiger partial charge in [0, 0.05) is 6.07 Å². The van der Waals surface area contributed by atoms with Gasteiger partial charge in [0.2, 0.25) is 0 Å². The van der Waals surface area contributed by atoms with E-state index in [0.717, 1.165) is 0 Å². The van der Waals surface area contributed by atoms with Crippen LogP contribution >= 0.6 is 58.0 Å². The number of fused-ring (bicyclic) bond motifs is 2. The van der Waals surface area contributed by atoms with Crippen molar-refractivity contribution in [3.8, 4) is 23.0 Å². The zero-order valence-corrected chi connectivity index (χ0v) is 12.7. The first-order chi connectivity index (χ1) is 8.99. The van der Waals surface area contributed by atoms with E-state index in [1.807, 2.05) is 0 Å². The summed E-state index contributed by atoms with van der Waals surface area (Å²) in [5, 5.41) is 1.26. The Hall–Kier alpha value is -0.510. The van der Waals surface area contributed by atoms with Crippen molar-refractivity contribution in [3.05, 3.63) is 43.3 Å². The van der Waals surface area contributed by atoms with Gasteiger partial charge in [0.15, 0.2) is 23.0 Å². The summed E-state index contributed by atoms with van der Waals surface area (Å²) in [5.74, 6) is 1.34. The molecule has 2 aromatic rings. The Bertz CT molecular complexity index is 699. The number of halogens is 5. The van der Waals surface area contributed by atoms with Gasteiger partial charge >= 0.3 is 0 Å². The molecule has 2 aromatic carbocycles. The largest absolute Gasteiger partial charge is 0.448 e. The summed E-state index contributed by atoms with van der Waals surface area (Å²) in [6.45, 7) is 0. The molecule has 2 nitrogen and oxygen atoms in total. The highest BCUT2D eigenvalue weighted by Gasteiger charge is 2.27. The van der Waals surface area contributed by atoms with Crippen LogP contribution in [0.1, 0.15) is 0 Å². The summed E-state index contributed by atoms with van der Waals surface area (Å²) >= 11 is 29.9. The third kappa shape index (κ3) is 2.12. The maximum absolute atomic E-state index is 6.07. The van der Waals surface area contributed by atoms with E-state index in [0.29, 0.717) is 28.0 Å². The van der Waals surface area contributed by atoms with Crippen LogP contribution in [-0.4, -0.2) is 0 Å². The summed E-state index contributed by atoms with van der Waals surface area (Å²) < 4.78 is 11.3. The molecule has 0 N–H and O–H groups in total. The Morgan fingerprint density at radius 1 is 0.632 bits per heavy atom. The van der Waals surface area contributed by atoms with Crippen LogP contribution in [0, 0.1) is 0 Å². The Kier molecular flexibility index (Phi) is 3.40. The van der Waals surface area contributed by atoms with Gasteiger partial charge in [-0.25, -0.2) is 0 Å². The second-order valence-electron chi connectivity index (χ2n) is 3.71. The van der Waals surface area contributed by atoms with Crippen molar-refractivity contribution in [2.75, 3.05) is 0 Å². The van der Waals surface area contributed by atoms with Crippen LogP contribution in [0.4, 0.5) is 0 Å². The normalized spacial score (nSPS) is 12.3. The lowest BCUT2D eigenvalue weighted by Crippen LogP contribution is -2.00. The van der Waals surface area contributed by atoms with Crippen molar-refractivity contribution >= 4 is 58.0 Å². The average Bonchev–Trinajstić information content (AvgIpc) is 2.40. The highest BCUT2D eigenvalue weighted by atomic mass is 35.5. The smallest absolute Gasteiger partial charge is 0.190 e. The van der Waals surface area contributed by atoms with Crippen molar-refractivity contribution in [2.24, 2.45) is 0 Å². The molecule has 1 heterocycles. The van der Waals surface area contributed by atoms with Crippen LogP contribution in [0.15, 0.2) is 18.2 Å². The summed E-state index contributed by atoms with van der Waals surface area (Å²) in [6, 6.07) is 4.74. The molecule has 0 aromatic heterocycles. The number of hydrogen-bond acceptors (Lipinski definition) is 2. The zero-order valence-electron chi connectivity index (χ0n) is 8.94. The Morgan fingerprint density at radius 3 is 2.00 bits per heavy atom. The fourth-order valence-electron chi connectivity index (χ4n) is 1.64. The second-order valence-corrected chi connectivity index (χ2v) is 5.65.